The number of carbonyl (C=O) groups excluding carboxylic acids is 1. The Bertz CT molecular complexity index is 1240. The van der Waals surface area contributed by atoms with E-state index < -0.39 is 9.84 Å². The van der Waals surface area contributed by atoms with Crippen LogP contribution in [0.25, 0.3) is 10.2 Å². The molecule has 0 fully saturated rings. The summed E-state index contributed by atoms with van der Waals surface area (Å²) in [5, 5.41) is 0.605. The molecular formula is C23H21N3O3S2. The van der Waals surface area contributed by atoms with E-state index in [1.54, 1.807) is 47.6 Å². The lowest BCUT2D eigenvalue weighted by molar-refractivity contribution is -0.118. The van der Waals surface area contributed by atoms with Gasteiger partial charge >= 0.3 is 0 Å². The maximum absolute atomic E-state index is 13.1. The van der Waals surface area contributed by atoms with Crippen LogP contribution in [0.1, 0.15) is 18.4 Å². The van der Waals surface area contributed by atoms with E-state index in [0.29, 0.717) is 11.7 Å². The van der Waals surface area contributed by atoms with E-state index in [1.165, 1.54) is 11.3 Å². The molecule has 2 aromatic carbocycles. The lowest BCUT2D eigenvalue weighted by atomic mass is 10.2. The molecule has 0 radical (unpaired) electrons. The zero-order chi connectivity index (χ0) is 21.7. The summed E-state index contributed by atoms with van der Waals surface area (Å²) in [4.78, 5) is 23.7. The highest BCUT2D eigenvalue weighted by molar-refractivity contribution is 7.91. The predicted octanol–water partition coefficient (Wildman–Crippen LogP) is 4.48. The first kappa shape index (κ1) is 21.1. The normalized spacial score (nSPS) is 11.5. The van der Waals surface area contributed by atoms with Gasteiger partial charge in [0.15, 0.2) is 15.0 Å². The number of fused-ring (bicyclic) bond motifs is 1. The van der Waals surface area contributed by atoms with Crippen LogP contribution in [0, 0.1) is 0 Å². The van der Waals surface area contributed by atoms with Crippen LogP contribution in [0.4, 0.5) is 5.13 Å². The Morgan fingerprint density at radius 2 is 1.65 bits per heavy atom. The summed E-state index contributed by atoms with van der Waals surface area (Å²) in [6.07, 6.45) is 3.73. The largest absolute Gasteiger partial charge is 0.284 e. The first-order valence-electron chi connectivity index (χ1n) is 9.85. The Hall–Kier alpha value is -3.10. The van der Waals surface area contributed by atoms with E-state index in [0.717, 1.165) is 15.8 Å². The maximum atomic E-state index is 13.1. The molecule has 4 rings (SSSR count). The molecule has 0 atom stereocenters. The van der Waals surface area contributed by atoms with Crippen molar-refractivity contribution in [3.8, 4) is 0 Å². The second-order valence-corrected chi connectivity index (χ2v) is 10.2. The van der Waals surface area contributed by atoms with Crippen LogP contribution in [-0.4, -0.2) is 30.0 Å². The van der Waals surface area contributed by atoms with E-state index in [2.05, 4.69) is 9.97 Å². The molecule has 0 aliphatic carbocycles. The van der Waals surface area contributed by atoms with Gasteiger partial charge in [0.2, 0.25) is 5.91 Å². The second-order valence-electron chi connectivity index (χ2n) is 7.03. The lowest BCUT2D eigenvalue weighted by Gasteiger charge is -2.20. The molecule has 2 heterocycles. The molecule has 6 nitrogen and oxygen atoms in total. The smallest absolute Gasteiger partial charge is 0.229 e. The van der Waals surface area contributed by atoms with Crippen molar-refractivity contribution in [2.45, 2.75) is 24.3 Å². The van der Waals surface area contributed by atoms with Crippen molar-refractivity contribution in [2.24, 2.45) is 0 Å². The SMILES string of the molecule is O=C(CCCS(=O)(=O)c1ccccc1)N(Cc1ccncc1)c1nc2ccccc2s1. The fourth-order valence-electron chi connectivity index (χ4n) is 3.20. The van der Waals surface area contributed by atoms with Gasteiger partial charge in [-0.05, 0) is 48.4 Å². The maximum Gasteiger partial charge on any atom is 0.229 e. The number of para-hydroxylation sites is 1. The average Bonchev–Trinajstić information content (AvgIpc) is 3.22. The number of hydrogen-bond acceptors (Lipinski definition) is 6. The molecule has 31 heavy (non-hydrogen) atoms. The minimum absolute atomic E-state index is 0.0777. The molecule has 4 aromatic rings. The molecule has 8 heteroatoms. The second kappa shape index (κ2) is 9.36. The Morgan fingerprint density at radius 3 is 2.39 bits per heavy atom. The van der Waals surface area contributed by atoms with Crippen LogP contribution in [0.15, 0.2) is 84.0 Å². The monoisotopic (exact) mass is 451 g/mol. The molecule has 0 N–H and O–H groups in total. The quantitative estimate of drug-likeness (QED) is 0.395. The number of rotatable bonds is 8. The zero-order valence-corrected chi connectivity index (χ0v) is 18.3. The number of carbonyl (C=O) groups is 1. The summed E-state index contributed by atoms with van der Waals surface area (Å²) in [6.45, 7) is 0.354. The fourth-order valence-corrected chi connectivity index (χ4v) is 5.52. The van der Waals surface area contributed by atoms with Gasteiger partial charge in [0.05, 0.1) is 27.4 Å². The topological polar surface area (TPSA) is 80.2 Å². The first-order valence-corrected chi connectivity index (χ1v) is 12.3. The van der Waals surface area contributed by atoms with Crippen LogP contribution >= 0.6 is 11.3 Å². The number of anilines is 1. The molecule has 0 saturated heterocycles. The summed E-state index contributed by atoms with van der Waals surface area (Å²) in [7, 11) is -3.42. The minimum atomic E-state index is -3.42. The summed E-state index contributed by atoms with van der Waals surface area (Å²) in [6, 6.07) is 19.8. The van der Waals surface area contributed by atoms with Gasteiger partial charge in [-0.15, -0.1) is 0 Å². The van der Waals surface area contributed by atoms with E-state index in [-0.39, 0.29) is 29.4 Å². The van der Waals surface area contributed by atoms with Crippen LogP contribution in [0.2, 0.25) is 0 Å². The number of hydrogen-bond donors (Lipinski definition) is 0. The van der Waals surface area contributed by atoms with Crippen molar-refractivity contribution >= 4 is 42.4 Å². The van der Waals surface area contributed by atoms with Crippen LogP contribution < -0.4 is 4.90 Å². The molecule has 0 aliphatic rings. The van der Waals surface area contributed by atoms with Gasteiger partial charge in [0, 0.05) is 18.8 Å². The third kappa shape index (κ3) is 5.15. The van der Waals surface area contributed by atoms with Gasteiger partial charge in [-0.1, -0.05) is 41.7 Å². The van der Waals surface area contributed by atoms with Crippen LogP contribution in [0.3, 0.4) is 0 Å². The molecular weight excluding hydrogens is 430 g/mol. The number of amides is 1. The Balaban J connectivity index is 1.51. The van der Waals surface area contributed by atoms with Gasteiger partial charge in [-0.2, -0.15) is 0 Å². The van der Waals surface area contributed by atoms with E-state index in [1.807, 2.05) is 36.4 Å². The summed E-state index contributed by atoms with van der Waals surface area (Å²) in [5.74, 6) is -0.231. The Kier molecular flexibility index (Phi) is 6.39. The molecule has 0 saturated carbocycles. The molecule has 0 unspecified atom stereocenters. The number of thiazole rings is 1. The number of sulfone groups is 1. The third-order valence-corrected chi connectivity index (χ3v) is 7.69. The van der Waals surface area contributed by atoms with Crippen molar-refractivity contribution in [1.29, 1.82) is 0 Å². The van der Waals surface area contributed by atoms with Crippen molar-refractivity contribution < 1.29 is 13.2 Å². The number of aromatic nitrogens is 2. The van der Waals surface area contributed by atoms with E-state index in [9.17, 15) is 13.2 Å². The Morgan fingerprint density at radius 1 is 0.935 bits per heavy atom. The van der Waals surface area contributed by atoms with E-state index >= 15 is 0 Å². The lowest BCUT2D eigenvalue weighted by Crippen LogP contribution is -2.30. The van der Waals surface area contributed by atoms with Gasteiger partial charge in [0.25, 0.3) is 0 Å². The number of pyridine rings is 1. The molecule has 0 bridgehead atoms. The van der Waals surface area contributed by atoms with Crippen LogP contribution in [0.5, 0.6) is 0 Å². The molecule has 1 amide bonds. The average molecular weight is 452 g/mol. The third-order valence-electron chi connectivity index (χ3n) is 4.81. The summed E-state index contributed by atoms with van der Waals surface area (Å²) >= 11 is 1.45. The highest BCUT2D eigenvalue weighted by atomic mass is 32.2. The van der Waals surface area contributed by atoms with Gasteiger partial charge in [-0.3, -0.25) is 14.7 Å². The first-order chi connectivity index (χ1) is 15.0. The van der Waals surface area contributed by atoms with E-state index in [4.69, 9.17) is 0 Å². The number of benzene rings is 2. The highest BCUT2D eigenvalue weighted by Crippen LogP contribution is 2.30. The number of nitrogens with zero attached hydrogens (tertiary/aromatic N) is 3. The van der Waals surface area contributed by atoms with Gasteiger partial charge in [-0.25, -0.2) is 13.4 Å². The molecule has 0 spiro atoms. The fraction of sp³-hybridized carbons (Fsp3) is 0.174. The highest BCUT2D eigenvalue weighted by Gasteiger charge is 2.21. The van der Waals surface area contributed by atoms with Crippen molar-refractivity contribution in [2.75, 3.05) is 10.7 Å². The van der Waals surface area contributed by atoms with Crippen molar-refractivity contribution in [3.63, 3.8) is 0 Å². The molecule has 158 valence electrons. The minimum Gasteiger partial charge on any atom is -0.284 e. The molecule has 2 aromatic heterocycles. The summed E-state index contributed by atoms with van der Waals surface area (Å²) < 4.78 is 26.0. The zero-order valence-electron chi connectivity index (χ0n) is 16.7. The standard InChI is InChI=1S/C23H21N3O3S2/c27-22(11-6-16-31(28,29)19-7-2-1-3-8-19)26(17-18-12-14-24-15-13-18)23-25-20-9-4-5-10-21(20)30-23/h1-5,7-10,12-15H,6,11,16-17H2. The van der Waals surface area contributed by atoms with Crippen molar-refractivity contribution in [3.05, 3.63) is 84.7 Å². The summed E-state index contributed by atoms with van der Waals surface area (Å²) in [5.41, 5.74) is 1.76. The van der Waals surface area contributed by atoms with Gasteiger partial charge < -0.3 is 0 Å². The van der Waals surface area contributed by atoms with Crippen molar-refractivity contribution in [1.82, 2.24) is 9.97 Å². The Labute approximate surface area is 185 Å². The molecule has 0 aliphatic heterocycles. The van der Waals surface area contributed by atoms with Gasteiger partial charge in [0.1, 0.15) is 0 Å². The van der Waals surface area contributed by atoms with Crippen LogP contribution in [-0.2, 0) is 21.2 Å². The predicted molar refractivity (Wildman–Crippen MR) is 123 cm³/mol.